The zero-order valence-electron chi connectivity index (χ0n) is 11.5. The minimum Gasteiger partial charge on any atom is -0.378 e. The number of ether oxygens (including phenoxy) is 1. The molecule has 1 heterocycles. The van der Waals surface area contributed by atoms with Crippen LogP contribution in [-0.4, -0.2) is 45.2 Å². The molecule has 0 bridgehead atoms. The van der Waals surface area contributed by atoms with Crippen LogP contribution in [0.1, 0.15) is 13.3 Å². The van der Waals surface area contributed by atoms with Gasteiger partial charge in [-0.05, 0) is 5.54 Å². The van der Waals surface area contributed by atoms with Gasteiger partial charge in [0.1, 0.15) is 0 Å². The van der Waals surface area contributed by atoms with Crippen LogP contribution >= 0.6 is 0 Å². The summed E-state index contributed by atoms with van der Waals surface area (Å²) in [5.74, 6) is 0.229. The van der Waals surface area contributed by atoms with E-state index in [1.807, 2.05) is 11.0 Å². The fourth-order valence-electron chi connectivity index (χ4n) is 1.60. The maximum absolute atomic E-state index is 11.9. The largest absolute Gasteiger partial charge is 0.378 e. The zero-order chi connectivity index (χ0) is 12.9. The summed E-state index contributed by atoms with van der Waals surface area (Å²) in [5, 5.41) is 0. The minimum atomic E-state index is -1.10. The number of hydrogen-bond acceptors (Lipinski definition) is 2. The van der Waals surface area contributed by atoms with Gasteiger partial charge >= 0.3 is 0 Å². The molecule has 17 heavy (non-hydrogen) atoms. The van der Waals surface area contributed by atoms with Crippen molar-refractivity contribution >= 4 is 14.0 Å². The van der Waals surface area contributed by atoms with Crippen molar-refractivity contribution in [1.82, 2.24) is 4.90 Å². The molecule has 0 saturated carbocycles. The molecule has 1 fully saturated rings. The molecule has 1 aliphatic heterocycles. The molecule has 1 unspecified atom stereocenters. The topological polar surface area (TPSA) is 29.5 Å². The van der Waals surface area contributed by atoms with E-state index in [2.05, 4.69) is 32.6 Å². The van der Waals surface area contributed by atoms with Crippen molar-refractivity contribution in [3.63, 3.8) is 0 Å². The molecule has 0 aromatic rings. The van der Waals surface area contributed by atoms with Crippen molar-refractivity contribution in [3.8, 4) is 0 Å². The van der Waals surface area contributed by atoms with Gasteiger partial charge in [-0.15, -0.1) is 0 Å². The first-order valence-corrected chi connectivity index (χ1v) is 10.0. The highest BCUT2D eigenvalue weighted by Crippen LogP contribution is 2.22. The third-order valence-electron chi connectivity index (χ3n) is 3.45. The Morgan fingerprint density at radius 1 is 1.35 bits per heavy atom. The lowest BCUT2D eigenvalue weighted by Gasteiger charge is -2.26. The molecule has 0 aromatic heterocycles. The van der Waals surface area contributed by atoms with E-state index in [1.165, 1.54) is 0 Å². The Hall–Kier alpha value is -0.613. The van der Waals surface area contributed by atoms with Gasteiger partial charge in [-0.2, -0.15) is 0 Å². The van der Waals surface area contributed by atoms with E-state index in [0.29, 0.717) is 25.2 Å². The van der Waals surface area contributed by atoms with Crippen LogP contribution in [0.5, 0.6) is 0 Å². The highest BCUT2D eigenvalue weighted by molar-refractivity contribution is 6.77. The average molecular weight is 255 g/mol. The van der Waals surface area contributed by atoms with Gasteiger partial charge in [-0.1, -0.05) is 38.7 Å². The molecule has 1 amide bonds. The standard InChI is InChI=1S/C13H25NO2Si/c1-12(17(2,3)4)6-5-7-13(15)14-8-10-16-11-9-14/h5-6,12H,7-11H2,1-4H3. The smallest absolute Gasteiger partial charge is 0.226 e. The van der Waals surface area contributed by atoms with E-state index < -0.39 is 8.07 Å². The molecule has 1 aliphatic rings. The van der Waals surface area contributed by atoms with Gasteiger partial charge in [-0.3, -0.25) is 4.79 Å². The average Bonchev–Trinajstić information content (AvgIpc) is 2.28. The fourth-order valence-corrected chi connectivity index (χ4v) is 2.32. The third kappa shape index (κ3) is 5.04. The lowest BCUT2D eigenvalue weighted by atomic mass is 10.3. The molecule has 0 aromatic carbocycles. The maximum atomic E-state index is 11.9. The van der Waals surface area contributed by atoms with Crippen LogP contribution in [0.3, 0.4) is 0 Å². The molecule has 0 aliphatic carbocycles. The lowest BCUT2D eigenvalue weighted by Crippen LogP contribution is -2.40. The molecule has 98 valence electrons. The minimum absolute atomic E-state index is 0.229. The van der Waals surface area contributed by atoms with Gasteiger partial charge in [-0.25, -0.2) is 0 Å². The van der Waals surface area contributed by atoms with Crippen LogP contribution < -0.4 is 0 Å². The van der Waals surface area contributed by atoms with Crippen molar-refractivity contribution < 1.29 is 9.53 Å². The third-order valence-corrected chi connectivity index (χ3v) is 6.37. The Bertz CT molecular complexity index is 278. The summed E-state index contributed by atoms with van der Waals surface area (Å²) in [7, 11) is -1.10. The Morgan fingerprint density at radius 2 is 1.94 bits per heavy atom. The van der Waals surface area contributed by atoms with Gasteiger partial charge in [0.2, 0.25) is 5.91 Å². The van der Waals surface area contributed by atoms with E-state index in [-0.39, 0.29) is 5.91 Å². The van der Waals surface area contributed by atoms with E-state index in [1.54, 1.807) is 0 Å². The van der Waals surface area contributed by atoms with Gasteiger partial charge in [0.05, 0.1) is 21.3 Å². The number of amides is 1. The van der Waals surface area contributed by atoms with E-state index in [0.717, 1.165) is 13.1 Å². The maximum Gasteiger partial charge on any atom is 0.226 e. The van der Waals surface area contributed by atoms with Gasteiger partial charge in [0, 0.05) is 19.5 Å². The Morgan fingerprint density at radius 3 is 2.47 bits per heavy atom. The highest BCUT2D eigenvalue weighted by Gasteiger charge is 2.20. The second kappa shape index (κ2) is 6.35. The quantitative estimate of drug-likeness (QED) is 0.570. The van der Waals surface area contributed by atoms with Crippen LogP contribution in [0, 0.1) is 0 Å². The summed E-state index contributed by atoms with van der Waals surface area (Å²) >= 11 is 0. The number of hydrogen-bond donors (Lipinski definition) is 0. The zero-order valence-corrected chi connectivity index (χ0v) is 12.5. The number of carbonyl (C=O) groups excluding carboxylic acids is 1. The fraction of sp³-hybridized carbons (Fsp3) is 0.769. The first-order valence-electron chi connectivity index (χ1n) is 6.43. The molecule has 1 atom stereocenters. The normalized spacial score (nSPS) is 19.6. The number of nitrogens with zero attached hydrogens (tertiary/aromatic N) is 1. The molecule has 1 saturated heterocycles. The molecular weight excluding hydrogens is 230 g/mol. The number of carbonyl (C=O) groups is 1. The Kier molecular flexibility index (Phi) is 5.40. The van der Waals surface area contributed by atoms with Crippen molar-refractivity contribution in [2.24, 2.45) is 0 Å². The highest BCUT2D eigenvalue weighted by atomic mass is 28.3. The Labute approximate surface area is 106 Å². The summed E-state index contributed by atoms with van der Waals surface area (Å²) in [4.78, 5) is 13.8. The van der Waals surface area contributed by atoms with Gasteiger partial charge in [0.15, 0.2) is 0 Å². The first kappa shape index (κ1) is 14.4. The lowest BCUT2D eigenvalue weighted by molar-refractivity contribution is -0.134. The summed E-state index contributed by atoms with van der Waals surface area (Å²) < 4.78 is 5.23. The molecule has 0 N–H and O–H groups in total. The van der Waals surface area contributed by atoms with Crippen molar-refractivity contribution in [2.45, 2.75) is 38.5 Å². The predicted octanol–water partition coefficient (Wildman–Crippen LogP) is 2.52. The van der Waals surface area contributed by atoms with Gasteiger partial charge < -0.3 is 9.64 Å². The molecule has 3 nitrogen and oxygen atoms in total. The van der Waals surface area contributed by atoms with Crippen LogP contribution in [0.2, 0.25) is 25.2 Å². The summed E-state index contributed by atoms with van der Waals surface area (Å²) in [6, 6.07) is 0. The SMILES string of the molecule is CC(C=CCC(=O)N1CCOCC1)[Si](C)(C)C. The second-order valence-electron chi connectivity index (χ2n) is 5.78. The van der Waals surface area contributed by atoms with E-state index in [4.69, 9.17) is 4.74 Å². The van der Waals surface area contributed by atoms with E-state index >= 15 is 0 Å². The molecule has 0 spiro atoms. The number of rotatable bonds is 4. The van der Waals surface area contributed by atoms with Crippen molar-refractivity contribution in [3.05, 3.63) is 12.2 Å². The van der Waals surface area contributed by atoms with Crippen LogP contribution in [0.15, 0.2) is 12.2 Å². The molecular formula is C13H25NO2Si. The number of allylic oxidation sites excluding steroid dienone is 1. The monoisotopic (exact) mass is 255 g/mol. The van der Waals surface area contributed by atoms with Crippen LogP contribution in [0.25, 0.3) is 0 Å². The molecule has 4 heteroatoms. The molecule has 0 radical (unpaired) electrons. The van der Waals surface area contributed by atoms with Crippen LogP contribution in [-0.2, 0) is 9.53 Å². The first-order chi connectivity index (χ1) is 7.91. The van der Waals surface area contributed by atoms with Crippen LogP contribution in [0.4, 0.5) is 0 Å². The number of morpholine rings is 1. The van der Waals surface area contributed by atoms with Crippen molar-refractivity contribution in [2.75, 3.05) is 26.3 Å². The summed E-state index contributed by atoms with van der Waals surface area (Å²) in [5.41, 5.74) is 0.625. The van der Waals surface area contributed by atoms with Gasteiger partial charge in [0.25, 0.3) is 0 Å². The Balaban J connectivity index is 2.34. The molecule has 1 rings (SSSR count). The second-order valence-corrected chi connectivity index (χ2v) is 11.4. The predicted molar refractivity (Wildman–Crippen MR) is 73.9 cm³/mol. The van der Waals surface area contributed by atoms with E-state index in [9.17, 15) is 4.79 Å². The summed E-state index contributed by atoms with van der Waals surface area (Å²) in [6.07, 6.45) is 4.79. The summed E-state index contributed by atoms with van der Waals surface area (Å²) in [6.45, 7) is 12.2. The van der Waals surface area contributed by atoms with Crippen molar-refractivity contribution in [1.29, 1.82) is 0 Å².